The van der Waals surface area contributed by atoms with E-state index in [-0.39, 0.29) is 5.82 Å². The Kier molecular flexibility index (Phi) is 5.22. The third-order valence-corrected chi connectivity index (χ3v) is 4.18. The van der Waals surface area contributed by atoms with Crippen molar-refractivity contribution in [3.63, 3.8) is 0 Å². The molecule has 0 bridgehead atoms. The molecule has 1 aromatic carbocycles. The maximum Gasteiger partial charge on any atom is 0.147 e. The lowest BCUT2D eigenvalue weighted by molar-refractivity contribution is 0.198. The minimum atomic E-state index is -0.181. The monoisotopic (exact) mass is 328 g/mol. The van der Waals surface area contributed by atoms with Crippen molar-refractivity contribution in [3.05, 3.63) is 28.5 Å². The van der Waals surface area contributed by atoms with Crippen molar-refractivity contribution in [2.24, 2.45) is 5.92 Å². The number of halogens is 2. The molecule has 106 valence electrons. The number of rotatable bonds is 4. The minimum Gasteiger partial charge on any atom is -0.379 e. The first-order valence-corrected chi connectivity index (χ1v) is 7.78. The van der Waals surface area contributed by atoms with Gasteiger partial charge in [-0.3, -0.25) is 0 Å². The van der Waals surface area contributed by atoms with E-state index >= 15 is 0 Å². The number of nitrogens with zero attached hydrogens (tertiary/aromatic N) is 1. The zero-order chi connectivity index (χ0) is 13.8. The molecule has 1 aliphatic rings. The Morgan fingerprint density at radius 3 is 2.63 bits per heavy atom. The van der Waals surface area contributed by atoms with E-state index in [0.29, 0.717) is 17.6 Å². The summed E-state index contributed by atoms with van der Waals surface area (Å²) >= 11 is 3.41. The molecule has 19 heavy (non-hydrogen) atoms. The van der Waals surface area contributed by atoms with Crippen molar-refractivity contribution >= 4 is 21.6 Å². The average molecular weight is 329 g/mol. The van der Waals surface area contributed by atoms with Gasteiger partial charge in [0, 0.05) is 30.1 Å². The lowest BCUT2D eigenvalue weighted by Gasteiger charge is -2.34. The van der Waals surface area contributed by atoms with Gasteiger partial charge in [-0.2, -0.15) is 0 Å². The molecule has 0 aliphatic carbocycles. The smallest absolute Gasteiger partial charge is 0.147 e. The maximum atomic E-state index is 13.8. The zero-order valence-corrected chi connectivity index (χ0v) is 13.2. The van der Waals surface area contributed by atoms with E-state index in [1.807, 2.05) is 6.07 Å². The van der Waals surface area contributed by atoms with Crippen molar-refractivity contribution in [1.29, 1.82) is 0 Å². The molecule has 1 aliphatic heterocycles. The number of piperidine rings is 1. The molecule has 4 heteroatoms. The molecule has 0 atom stereocenters. The third-order valence-electron chi connectivity index (χ3n) is 3.52. The number of hydrogen-bond acceptors (Lipinski definition) is 2. The van der Waals surface area contributed by atoms with E-state index in [1.165, 1.54) is 6.07 Å². The molecule has 2 nitrogen and oxygen atoms in total. The highest BCUT2D eigenvalue weighted by Gasteiger charge is 2.20. The topological polar surface area (TPSA) is 15.3 Å². The summed E-state index contributed by atoms with van der Waals surface area (Å²) in [4.78, 5) is 2.50. The van der Waals surface area contributed by atoms with E-state index in [9.17, 15) is 4.39 Å². The van der Waals surface area contributed by atoms with E-state index in [1.54, 1.807) is 6.07 Å². The first kappa shape index (κ1) is 14.8. The molecule has 1 heterocycles. The van der Waals surface area contributed by atoms with E-state index < -0.39 is 0 Å². The molecule has 0 unspecified atom stereocenters. The highest BCUT2D eigenvalue weighted by molar-refractivity contribution is 9.10. The number of benzene rings is 1. The molecular weight excluding hydrogens is 307 g/mol. The zero-order valence-electron chi connectivity index (χ0n) is 11.6. The Bertz CT molecular complexity index is 394. The Hall–Kier alpha value is -0.610. The van der Waals surface area contributed by atoms with E-state index in [2.05, 4.69) is 40.0 Å². The SMILES string of the molecule is CC(C)CN1CCC(Nc2c(F)cccc2Br)CC1. The second-order valence-corrected chi connectivity index (χ2v) is 6.56. The summed E-state index contributed by atoms with van der Waals surface area (Å²) in [5.74, 6) is 0.532. The van der Waals surface area contributed by atoms with Crippen LogP contribution in [0.25, 0.3) is 0 Å². The Labute approximate surface area is 123 Å². The molecule has 0 amide bonds. The van der Waals surface area contributed by atoms with Crippen molar-refractivity contribution in [1.82, 2.24) is 4.90 Å². The van der Waals surface area contributed by atoms with Gasteiger partial charge in [0.15, 0.2) is 0 Å². The Balaban J connectivity index is 1.89. The van der Waals surface area contributed by atoms with Gasteiger partial charge in [0.2, 0.25) is 0 Å². The number of para-hydroxylation sites is 1. The molecule has 0 radical (unpaired) electrons. The van der Waals surface area contributed by atoms with Crippen LogP contribution in [0.2, 0.25) is 0 Å². The van der Waals surface area contributed by atoms with E-state index in [4.69, 9.17) is 0 Å². The molecule has 0 spiro atoms. The molecule has 0 aromatic heterocycles. The van der Waals surface area contributed by atoms with Gasteiger partial charge in [0.25, 0.3) is 0 Å². The summed E-state index contributed by atoms with van der Waals surface area (Å²) in [6.45, 7) is 7.86. The summed E-state index contributed by atoms with van der Waals surface area (Å²) in [6, 6.07) is 5.47. The summed E-state index contributed by atoms with van der Waals surface area (Å²) in [7, 11) is 0. The van der Waals surface area contributed by atoms with Crippen LogP contribution in [0.15, 0.2) is 22.7 Å². The van der Waals surface area contributed by atoms with Gasteiger partial charge in [0.05, 0.1) is 5.69 Å². The molecule has 1 N–H and O–H groups in total. The van der Waals surface area contributed by atoms with Crippen molar-refractivity contribution < 1.29 is 4.39 Å². The highest BCUT2D eigenvalue weighted by atomic mass is 79.9. The summed E-state index contributed by atoms with van der Waals surface area (Å²) in [5.41, 5.74) is 0.602. The van der Waals surface area contributed by atoms with Gasteiger partial charge < -0.3 is 10.2 Å². The van der Waals surface area contributed by atoms with Crippen molar-refractivity contribution in [2.45, 2.75) is 32.7 Å². The van der Waals surface area contributed by atoms with Crippen LogP contribution < -0.4 is 5.32 Å². The van der Waals surface area contributed by atoms with Crippen LogP contribution in [-0.4, -0.2) is 30.6 Å². The quantitative estimate of drug-likeness (QED) is 0.894. The standard InChI is InChI=1S/C15H22BrFN2/c1-11(2)10-19-8-6-12(7-9-19)18-15-13(16)4-3-5-14(15)17/h3-5,11-12,18H,6-10H2,1-2H3. The first-order chi connectivity index (χ1) is 9.06. The fourth-order valence-electron chi connectivity index (χ4n) is 2.62. The largest absolute Gasteiger partial charge is 0.379 e. The molecule has 2 rings (SSSR count). The number of hydrogen-bond donors (Lipinski definition) is 1. The fraction of sp³-hybridized carbons (Fsp3) is 0.600. The molecule has 0 saturated carbocycles. The molecule has 1 fully saturated rings. The van der Waals surface area contributed by atoms with Crippen LogP contribution >= 0.6 is 15.9 Å². The average Bonchev–Trinajstić information content (AvgIpc) is 2.35. The summed E-state index contributed by atoms with van der Waals surface area (Å²) < 4.78 is 14.6. The summed E-state index contributed by atoms with van der Waals surface area (Å²) in [6.07, 6.45) is 2.15. The first-order valence-electron chi connectivity index (χ1n) is 6.99. The van der Waals surface area contributed by atoms with Crippen LogP contribution in [0.3, 0.4) is 0 Å². The highest BCUT2D eigenvalue weighted by Crippen LogP contribution is 2.27. The van der Waals surface area contributed by atoms with E-state index in [0.717, 1.165) is 36.9 Å². The second-order valence-electron chi connectivity index (χ2n) is 5.71. The normalized spacial score (nSPS) is 17.9. The number of nitrogens with one attached hydrogen (secondary N) is 1. The number of likely N-dealkylation sites (tertiary alicyclic amines) is 1. The molecule has 1 saturated heterocycles. The van der Waals surface area contributed by atoms with Crippen LogP contribution in [0.4, 0.5) is 10.1 Å². The van der Waals surface area contributed by atoms with Gasteiger partial charge in [-0.1, -0.05) is 19.9 Å². The Morgan fingerprint density at radius 2 is 2.05 bits per heavy atom. The number of anilines is 1. The van der Waals surface area contributed by atoms with Crippen molar-refractivity contribution in [2.75, 3.05) is 25.0 Å². The van der Waals surface area contributed by atoms with Crippen molar-refractivity contribution in [3.8, 4) is 0 Å². The molecular formula is C15H22BrFN2. The van der Waals surface area contributed by atoms with Gasteiger partial charge in [-0.25, -0.2) is 4.39 Å². The third kappa shape index (κ3) is 4.18. The van der Waals surface area contributed by atoms with Gasteiger partial charge in [-0.05, 0) is 46.8 Å². The van der Waals surface area contributed by atoms with Crippen LogP contribution in [0.1, 0.15) is 26.7 Å². The summed E-state index contributed by atoms with van der Waals surface area (Å²) in [5, 5.41) is 3.34. The predicted octanol–water partition coefficient (Wildman–Crippen LogP) is 4.12. The van der Waals surface area contributed by atoms with Crippen LogP contribution in [-0.2, 0) is 0 Å². The maximum absolute atomic E-state index is 13.8. The lowest BCUT2D eigenvalue weighted by atomic mass is 10.0. The molecule has 1 aromatic rings. The second kappa shape index (κ2) is 6.71. The lowest BCUT2D eigenvalue weighted by Crippen LogP contribution is -2.40. The Morgan fingerprint density at radius 1 is 1.37 bits per heavy atom. The van der Waals surface area contributed by atoms with Crippen LogP contribution in [0.5, 0.6) is 0 Å². The van der Waals surface area contributed by atoms with Gasteiger partial charge in [-0.15, -0.1) is 0 Å². The minimum absolute atomic E-state index is 0.181. The predicted molar refractivity (Wildman–Crippen MR) is 82.0 cm³/mol. The van der Waals surface area contributed by atoms with Gasteiger partial charge in [0.1, 0.15) is 5.82 Å². The van der Waals surface area contributed by atoms with Gasteiger partial charge >= 0.3 is 0 Å². The van der Waals surface area contributed by atoms with Crippen LogP contribution in [0, 0.1) is 11.7 Å². The fourth-order valence-corrected chi connectivity index (χ4v) is 3.07.